The molecule has 0 radical (unpaired) electrons. The van der Waals surface area contributed by atoms with Crippen LogP contribution in [-0.4, -0.2) is 56.0 Å². The van der Waals surface area contributed by atoms with Crippen molar-refractivity contribution in [2.24, 2.45) is 0 Å². The van der Waals surface area contributed by atoms with Gasteiger partial charge >= 0.3 is 0 Å². The van der Waals surface area contributed by atoms with Crippen LogP contribution in [0.5, 0.6) is 0 Å². The molecule has 1 aromatic heterocycles. The third kappa shape index (κ3) is 6.09. The number of nitrogens with zero attached hydrogens (tertiary/aromatic N) is 1. The molecule has 31 heavy (non-hydrogen) atoms. The number of aliphatic hydroxyl groups is 3. The Balaban J connectivity index is 0.000000337. The molecule has 8 nitrogen and oxygen atoms in total. The van der Waals surface area contributed by atoms with E-state index in [1.807, 2.05) is 13.8 Å². The highest BCUT2D eigenvalue weighted by atomic mass is 79.9. The van der Waals surface area contributed by atoms with Crippen molar-refractivity contribution in [1.82, 2.24) is 9.03 Å². The van der Waals surface area contributed by atoms with Crippen molar-refractivity contribution in [1.29, 1.82) is 0 Å². The molecule has 4 unspecified atom stereocenters. The Morgan fingerprint density at radius 1 is 1.35 bits per heavy atom. The van der Waals surface area contributed by atoms with Crippen LogP contribution in [0.4, 0.5) is 10.1 Å². The lowest BCUT2D eigenvalue weighted by Gasteiger charge is -2.47. The second-order valence-corrected chi connectivity index (χ2v) is 10.0. The smallest absolute Gasteiger partial charge is 0.218 e. The first-order valence-electron chi connectivity index (χ1n) is 8.91. The third-order valence-electron chi connectivity index (χ3n) is 4.12. The third-order valence-corrected chi connectivity index (χ3v) is 7.44. The first-order chi connectivity index (χ1) is 14.5. The van der Waals surface area contributed by atoms with Crippen LogP contribution >= 0.6 is 38.9 Å². The number of carbonyl (C=O) groups is 1. The van der Waals surface area contributed by atoms with Crippen molar-refractivity contribution < 1.29 is 28.7 Å². The number of hydrogen-bond donors (Lipinski definition) is 5. The minimum absolute atomic E-state index is 0.0457. The number of thiophene rings is 1. The molecule has 0 bridgehead atoms. The van der Waals surface area contributed by atoms with E-state index in [0.29, 0.717) is 3.79 Å². The van der Waals surface area contributed by atoms with Crippen LogP contribution in [0.2, 0.25) is 5.02 Å². The summed E-state index contributed by atoms with van der Waals surface area (Å²) >= 11 is 7.70. The van der Waals surface area contributed by atoms with Gasteiger partial charge in [0.1, 0.15) is 5.82 Å². The maximum atomic E-state index is 12.5. The summed E-state index contributed by atoms with van der Waals surface area (Å²) in [5.74, 6) is -0.388. The van der Waals surface area contributed by atoms with Crippen molar-refractivity contribution in [3.8, 4) is 0 Å². The van der Waals surface area contributed by atoms with Crippen molar-refractivity contribution in [2.75, 3.05) is 19.4 Å². The van der Waals surface area contributed by atoms with E-state index >= 15 is 0 Å². The molecule has 13 heteroatoms. The van der Waals surface area contributed by atoms with Gasteiger partial charge in [0.15, 0.2) is 29.3 Å². The predicted molar refractivity (Wildman–Crippen MR) is 124 cm³/mol. The van der Waals surface area contributed by atoms with Gasteiger partial charge in [-0.25, -0.2) is 8.60 Å². The van der Waals surface area contributed by atoms with E-state index in [1.165, 1.54) is 25.2 Å². The maximum absolute atomic E-state index is 12.5. The van der Waals surface area contributed by atoms with E-state index in [4.69, 9.17) is 11.6 Å². The van der Waals surface area contributed by atoms with Crippen molar-refractivity contribution >= 4 is 62.0 Å². The van der Waals surface area contributed by atoms with E-state index < -0.39 is 28.7 Å². The fourth-order valence-electron chi connectivity index (χ4n) is 2.36. The van der Waals surface area contributed by atoms with Crippen LogP contribution in [-0.2, 0) is 21.7 Å². The van der Waals surface area contributed by atoms with Gasteiger partial charge in [-0.15, -0.1) is 11.3 Å². The number of hydrogen-bond acceptors (Lipinski definition) is 7. The Bertz CT molecular complexity index is 924. The monoisotopic (exact) mass is 559 g/mol. The highest BCUT2D eigenvalue weighted by Gasteiger charge is 2.59. The topological polar surface area (TPSA) is 122 Å². The standard InChI is InChI=1S/C9H11BrN2O5S2.C7H7ClFN.C2H6/c1-12-8(15,4-13)7(14)9(16,11-19(12)17)5-2-3-6(10)18-5;1-10-5-2-3-7(9)6(8)4-5;1-2/h2-4,7,11,14-16H,1H3;2-4,10H,1H3;1-2H3. The summed E-state index contributed by atoms with van der Waals surface area (Å²) in [6.07, 6.45) is -1.87. The first-order valence-corrected chi connectivity index (χ1v) is 12.0. The Hall–Kier alpha value is -0.960. The maximum Gasteiger partial charge on any atom is 0.218 e. The van der Waals surface area contributed by atoms with Gasteiger partial charge in [-0.1, -0.05) is 25.4 Å². The summed E-state index contributed by atoms with van der Waals surface area (Å²) in [6, 6.07) is 7.60. The lowest BCUT2D eigenvalue weighted by molar-refractivity contribution is -0.216. The van der Waals surface area contributed by atoms with Gasteiger partial charge in [-0.2, -0.15) is 9.03 Å². The molecule has 2 aromatic rings. The number of halogens is 3. The second-order valence-electron chi connectivity index (χ2n) is 5.90. The van der Waals surface area contributed by atoms with Gasteiger partial charge in [-0.3, -0.25) is 4.79 Å². The summed E-state index contributed by atoms with van der Waals surface area (Å²) in [5, 5.41) is 33.7. The number of rotatable bonds is 3. The summed E-state index contributed by atoms with van der Waals surface area (Å²) in [6.45, 7) is 4.00. The molecule has 5 N–H and O–H groups in total. The molecule has 1 aromatic carbocycles. The SMILES string of the molecule is CC.CN1S(=O)NC(O)(c2ccc(Br)s2)C(O)C1(O)C=O.CNc1ccc(F)c(Cl)c1. The zero-order valence-corrected chi connectivity index (χ0v) is 21.1. The van der Waals surface area contributed by atoms with Gasteiger partial charge in [0, 0.05) is 19.8 Å². The van der Waals surface area contributed by atoms with Crippen LogP contribution in [0.15, 0.2) is 34.1 Å². The van der Waals surface area contributed by atoms with Crippen molar-refractivity contribution in [3.63, 3.8) is 0 Å². The van der Waals surface area contributed by atoms with Crippen LogP contribution < -0.4 is 10.0 Å². The lowest BCUT2D eigenvalue weighted by atomic mass is 9.96. The van der Waals surface area contributed by atoms with Crippen LogP contribution in [0.3, 0.4) is 0 Å². The first kappa shape index (κ1) is 28.1. The van der Waals surface area contributed by atoms with Gasteiger partial charge in [0.05, 0.1) is 13.7 Å². The van der Waals surface area contributed by atoms with Crippen molar-refractivity contribution in [2.45, 2.75) is 31.4 Å². The molecule has 174 valence electrons. The van der Waals surface area contributed by atoms with E-state index in [2.05, 4.69) is 26.0 Å². The van der Waals surface area contributed by atoms with Crippen LogP contribution in [0.25, 0.3) is 0 Å². The molecule has 1 fully saturated rings. The molecule has 0 saturated carbocycles. The molecule has 0 spiro atoms. The van der Waals surface area contributed by atoms with E-state index in [1.54, 1.807) is 19.2 Å². The minimum Gasteiger partial charge on any atom is -0.388 e. The normalized spacial score (nSPS) is 27.9. The van der Waals surface area contributed by atoms with E-state index in [-0.39, 0.29) is 22.0 Å². The average molecular weight is 561 g/mol. The molecule has 0 amide bonds. The van der Waals surface area contributed by atoms with E-state index in [0.717, 1.165) is 21.3 Å². The number of aliphatic hydroxyl groups excluding tert-OH is 1. The van der Waals surface area contributed by atoms with Crippen LogP contribution in [0.1, 0.15) is 18.7 Å². The zero-order chi connectivity index (χ0) is 24.0. The molecule has 1 saturated heterocycles. The second kappa shape index (κ2) is 11.8. The number of likely N-dealkylation sites (N-methyl/N-ethyl adjacent to an activating group) is 1. The molecular formula is C18H24BrClFN3O5S2. The Kier molecular flexibility index (Phi) is 10.7. The predicted octanol–water partition coefficient (Wildman–Crippen LogP) is 2.56. The van der Waals surface area contributed by atoms with Gasteiger partial charge in [0.2, 0.25) is 5.72 Å². The number of nitrogens with one attached hydrogen (secondary N) is 2. The number of carbonyl (C=O) groups excluding carboxylic acids is 1. The van der Waals surface area contributed by atoms with Gasteiger partial charge in [0.25, 0.3) is 0 Å². The Morgan fingerprint density at radius 2 is 1.97 bits per heavy atom. The summed E-state index contributed by atoms with van der Waals surface area (Å²) < 4.78 is 28.0. The van der Waals surface area contributed by atoms with Gasteiger partial charge in [-0.05, 0) is 46.3 Å². The molecule has 1 aliphatic rings. The number of benzene rings is 1. The molecule has 2 heterocycles. The summed E-state index contributed by atoms with van der Waals surface area (Å²) in [7, 11) is 2.94. The molecule has 3 rings (SSSR count). The lowest BCUT2D eigenvalue weighted by Crippen LogP contribution is -2.74. The van der Waals surface area contributed by atoms with Crippen molar-refractivity contribution in [3.05, 3.63) is 49.8 Å². The quantitative estimate of drug-likeness (QED) is 0.368. The molecule has 1 aliphatic heterocycles. The minimum atomic E-state index is -2.46. The molecule has 4 atom stereocenters. The van der Waals surface area contributed by atoms with E-state index in [9.17, 15) is 28.7 Å². The highest BCUT2D eigenvalue weighted by Crippen LogP contribution is 2.38. The number of anilines is 1. The number of aldehydes is 1. The molecular weight excluding hydrogens is 537 g/mol. The largest absolute Gasteiger partial charge is 0.388 e. The fourth-order valence-corrected chi connectivity index (χ4v) is 5.10. The average Bonchev–Trinajstić information content (AvgIpc) is 3.22. The Labute approximate surface area is 199 Å². The van der Waals surface area contributed by atoms with Crippen LogP contribution in [0, 0.1) is 5.82 Å². The summed E-state index contributed by atoms with van der Waals surface area (Å²) in [4.78, 5) is 11.3. The fraction of sp³-hybridized carbons (Fsp3) is 0.389. The zero-order valence-electron chi connectivity index (χ0n) is 17.1. The van der Waals surface area contributed by atoms with Gasteiger partial charge < -0.3 is 20.6 Å². The Morgan fingerprint density at radius 3 is 2.42 bits per heavy atom. The molecule has 0 aliphatic carbocycles. The summed E-state index contributed by atoms with van der Waals surface area (Å²) in [5.41, 5.74) is -3.84. The highest BCUT2D eigenvalue weighted by molar-refractivity contribution is 9.11.